The first-order valence-corrected chi connectivity index (χ1v) is 27.0. The van der Waals surface area contributed by atoms with Gasteiger partial charge in [0.05, 0.1) is 0 Å². The molecule has 1 atom stereocenters. The molecule has 0 aromatic rings. The minimum atomic E-state index is -0.790. The fourth-order valence-corrected chi connectivity index (χ4v) is 7.41. The van der Waals surface area contributed by atoms with Gasteiger partial charge in [0.1, 0.15) is 13.2 Å². The van der Waals surface area contributed by atoms with E-state index in [9.17, 15) is 14.4 Å². The lowest BCUT2D eigenvalue weighted by Gasteiger charge is -2.18. The third kappa shape index (κ3) is 49.9. The molecule has 0 rings (SSSR count). The third-order valence-corrected chi connectivity index (χ3v) is 11.5. The van der Waals surface area contributed by atoms with Crippen molar-refractivity contribution in [3.05, 3.63) is 72.9 Å². The Labute approximate surface area is 395 Å². The van der Waals surface area contributed by atoms with E-state index in [0.29, 0.717) is 19.3 Å². The predicted octanol–water partition coefficient (Wildman–Crippen LogP) is 17.8. The molecule has 6 nitrogen and oxygen atoms in total. The molecule has 6 heteroatoms. The van der Waals surface area contributed by atoms with Crippen LogP contribution in [0.5, 0.6) is 0 Å². The van der Waals surface area contributed by atoms with Gasteiger partial charge >= 0.3 is 17.9 Å². The number of esters is 3. The van der Waals surface area contributed by atoms with Crippen LogP contribution in [0, 0.1) is 0 Å². The first kappa shape index (κ1) is 60.9. The monoisotopic (exact) mass is 893 g/mol. The molecule has 0 saturated heterocycles. The number of hydrogen-bond donors (Lipinski definition) is 0. The third-order valence-electron chi connectivity index (χ3n) is 11.5. The van der Waals surface area contributed by atoms with Crippen LogP contribution in [0.2, 0.25) is 0 Å². The fourth-order valence-electron chi connectivity index (χ4n) is 7.41. The van der Waals surface area contributed by atoms with E-state index in [2.05, 4.69) is 93.7 Å². The van der Waals surface area contributed by atoms with E-state index >= 15 is 0 Å². The highest BCUT2D eigenvalue weighted by Gasteiger charge is 2.19. The standard InChI is InChI=1S/C58H100O6/c1-4-7-10-13-16-19-22-24-26-28-29-30-32-33-36-39-42-45-48-51-57(60)63-54-55(53-62-56(59)50-47-44-41-38-35-21-18-15-12-9-6-3)64-58(61)52-49-46-43-40-37-34-31-27-25-23-20-17-14-11-8-5-2/h7,10,15-16,18-19,21,24,26,29-30,35,55H,4-6,8-9,11-14,17,20,22-23,25,27-28,31-34,36-54H2,1-3H3/b10-7-,18-15-,19-16-,26-24-,30-29-,35-21-. The highest BCUT2D eigenvalue weighted by Crippen LogP contribution is 2.15. The van der Waals surface area contributed by atoms with Crippen LogP contribution in [0.4, 0.5) is 0 Å². The van der Waals surface area contributed by atoms with Crippen LogP contribution >= 0.6 is 0 Å². The van der Waals surface area contributed by atoms with Gasteiger partial charge in [-0.25, -0.2) is 0 Å². The second kappa shape index (κ2) is 52.5. The molecule has 1 unspecified atom stereocenters. The number of carbonyl (C=O) groups is 3. The van der Waals surface area contributed by atoms with Gasteiger partial charge in [-0.2, -0.15) is 0 Å². The highest BCUT2D eigenvalue weighted by molar-refractivity contribution is 5.71. The van der Waals surface area contributed by atoms with Crippen molar-refractivity contribution in [1.29, 1.82) is 0 Å². The molecule has 0 aliphatic carbocycles. The molecule has 0 bridgehead atoms. The van der Waals surface area contributed by atoms with E-state index in [1.54, 1.807) is 0 Å². The van der Waals surface area contributed by atoms with Crippen molar-refractivity contribution < 1.29 is 28.6 Å². The summed E-state index contributed by atoms with van der Waals surface area (Å²) < 4.78 is 16.8. The van der Waals surface area contributed by atoms with Crippen molar-refractivity contribution in [3.8, 4) is 0 Å². The molecule has 0 radical (unpaired) electrons. The van der Waals surface area contributed by atoms with Gasteiger partial charge in [-0.15, -0.1) is 0 Å². The molecule has 64 heavy (non-hydrogen) atoms. The normalized spacial score (nSPS) is 12.6. The van der Waals surface area contributed by atoms with Gasteiger partial charge in [-0.05, 0) is 77.0 Å². The summed E-state index contributed by atoms with van der Waals surface area (Å²) in [4.78, 5) is 38.0. The summed E-state index contributed by atoms with van der Waals surface area (Å²) in [6, 6.07) is 0. The predicted molar refractivity (Wildman–Crippen MR) is 274 cm³/mol. The van der Waals surface area contributed by atoms with Crippen molar-refractivity contribution in [1.82, 2.24) is 0 Å². The number of carbonyl (C=O) groups excluding carboxylic acids is 3. The molecule has 0 spiro atoms. The van der Waals surface area contributed by atoms with Crippen molar-refractivity contribution in [3.63, 3.8) is 0 Å². The molecular weight excluding hydrogens is 793 g/mol. The second-order valence-corrected chi connectivity index (χ2v) is 17.8. The van der Waals surface area contributed by atoms with E-state index in [1.807, 2.05) is 0 Å². The summed E-state index contributed by atoms with van der Waals surface area (Å²) in [5.41, 5.74) is 0. The first-order valence-electron chi connectivity index (χ1n) is 27.0. The minimum absolute atomic E-state index is 0.0899. The SMILES string of the molecule is CC/C=C\C/C=C\C/C=C\C/C=C\CCCCCCCCC(=O)OCC(COC(=O)CCCCC/C=C\C=C/CCCC)OC(=O)CCCCCCCCCCCCCCCCCC. The summed E-state index contributed by atoms with van der Waals surface area (Å²) in [7, 11) is 0. The Morgan fingerprint density at radius 3 is 1.11 bits per heavy atom. The molecule has 0 aliphatic rings. The Hall–Kier alpha value is -3.15. The quantitative estimate of drug-likeness (QED) is 0.0199. The number of rotatable bonds is 48. The van der Waals surface area contributed by atoms with Gasteiger partial charge < -0.3 is 14.2 Å². The largest absolute Gasteiger partial charge is 0.462 e. The Bertz CT molecular complexity index is 1210. The Morgan fingerprint density at radius 2 is 0.672 bits per heavy atom. The van der Waals surface area contributed by atoms with Crippen molar-refractivity contribution in [2.45, 2.75) is 264 Å². The molecular formula is C58H100O6. The maximum absolute atomic E-state index is 12.8. The molecule has 0 fully saturated rings. The molecule has 0 aromatic heterocycles. The van der Waals surface area contributed by atoms with E-state index in [0.717, 1.165) is 103 Å². The van der Waals surface area contributed by atoms with Gasteiger partial charge in [0.15, 0.2) is 6.10 Å². The number of unbranched alkanes of at least 4 members (excludes halogenated alkanes) is 26. The Kier molecular flexibility index (Phi) is 49.9. The van der Waals surface area contributed by atoms with E-state index in [-0.39, 0.29) is 31.1 Å². The van der Waals surface area contributed by atoms with Crippen LogP contribution < -0.4 is 0 Å². The summed E-state index contributed by atoms with van der Waals surface area (Å²) >= 11 is 0. The lowest BCUT2D eigenvalue weighted by molar-refractivity contribution is -0.167. The zero-order valence-electron chi connectivity index (χ0n) is 42.0. The molecule has 0 N–H and O–H groups in total. The van der Waals surface area contributed by atoms with Crippen molar-refractivity contribution in [2.24, 2.45) is 0 Å². The molecule has 0 aromatic carbocycles. The average Bonchev–Trinajstić information content (AvgIpc) is 3.29. The van der Waals surface area contributed by atoms with Gasteiger partial charge in [-0.3, -0.25) is 14.4 Å². The van der Waals surface area contributed by atoms with Crippen LogP contribution in [-0.2, 0) is 28.6 Å². The average molecular weight is 893 g/mol. The zero-order valence-corrected chi connectivity index (χ0v) is 42.0. The fraction of sp³-hybridized carbons (Fsp3) is 0.741. The van der Waals surface area contributed by atoms with E-state index in [4.69, 9.17) is 14.2 Å². The lowest BCUT2D eigenvalue weighted by Crippen LogP contribution is -2.30. The lowest BCUT2D eigenvalue weighted by atomic mass is 10.0. The van der Waals surface area contributed by atoms with Gasteiger partial charge in [0.2, 0.25) is 0 Å². The van der Waals surface area contributed by atoms with E-state index < -0.39 is 6.10 Å². The van der Waals surface area contributed by atoms with Crippen molar-refractivity contribution >= 4 is 17.9 Å². The summed E-state index contributed by atoms with van der Waals surface area (Å²) in [5, 5.41) is 0. The highest BCUT2D eigenvalue weighted by atomic mass is 16.6. The summed E-state index contributed by atoms with van der Waals surface area (Å²) in [6.07, 6.45) is 66.0. The number of hydrogen-bond acceptors (Lipinski definition) is 6. The van der Waals surface area contributed by atoms with Crippen LogP contribution in [-0.4, -0.2) is 37.2 Å². The van der Waals surface area contributed by atoms with Crippen LogP contribution in [0.3, 0.4) is 0 Å². The van der Waals surface area contributed by atoms with Crippen LogP contribution in [0.1, 0.15) is 258 Å². The van der Waals surface area contributed by atoms with Crippen molar-refractivity contribution in [2.75, 3.05) is 13.2 Å². The van der Waals surface area contributed by atoms with Crippen LogP contribution in [0.15, 0.2) is 72.9 Å². The zero-order chi connectivity index (χ0) is 46.5. The topological polar surface area (TPSA) is 78.9 Å². The molecule has 0 saturated carbocycles. The minimum Gasteiger partial charge on any atom is -0.462 e. The molecule has 368 valence electrons. The summed E-state index contributed by atoms with van der Waals surface area (Å²) in [5.74, 6) is -0.925. The number of ether oxygens (including phenoxy) is 3. The number of allylic oxidation sites excluding steroid dienone is 12. The van der Waals surface area contributed by atoms with Gasteiger partial charge in [0.25, 0.3) is 0 Å². The smallest absolute Gasteiger partial charge is 0.306 e. The molecule has 0 aliphatic heterocycles. The van der Waals surface area contributed by atoms with Crippen LogP contribution in [0.25, 0.3) is 0 Å². The maximum Gasteiger partial charge on any atom is 0.306 e. The Balaban J connectivity index is 4.38. The van der Waals surface area contributed by atoms with E-state index in [1.165, 1.54) is 116 Å². The van der Waals surface area contributed by atoms with Gasteiger partial charge in [-0.1, -0.05) is 235 Å². The molecule has 0 amide bonds. The summed E-state index contributed by atoms with van der Waals surface area (Å²) in [6.45, 7) is 6.45. The maximum atomic E-state index is 12.8. The molecule has 0 heterocycles. The Morgan fingerprint density at radius 1 is 0.344 bits per heavy atom. The first-order chi connectivity index (χ1) is 31.5. The van der Waals surface area contributed by atoms with Gasteiger partial charge in [0, 0.05) is 19.3 Å². The second-order valence-electron chi connectivity index (χ2n) is 17.8.